The first-order valence-corrected chi connectivity index (χ1v) is 8.66. The van der Waals surface area contributed by atoms with Gasteiger partial charge in [-0.25, -0.2) is 0 Å². The van der Waals surface area contributed by atoms with Crippen LogP contribution < -0.4 is 4.74 Å². The predicted octanol–water partition coefficient (Wildman–Crippen LogP) is 4.20. The van der Waals surface area contributed by atoms with Gasteiger partial charge in [-0.15, -0.1) is 0 Å². The van der Waals surface area contributed by atoms with E-state index < -0.39 is 4.92 Å². The molecule has 0 bridgehead atoms. The topological polar surface area (TPSA) is 94.2 Å². The van der Waals surface area contributed by atoms with Crippen LogP contribution in [0.5, 0.6) is 11.5 Å². The Balaban J connectivity index is 1.84. The molecular formula is C20H22N2O5. The molecule has 0 heterocycles. The van der Waals surface area contributed by atoms with Crippen LogP contribution in [0.4, 0.5) is 5.69 Å². The van der Waals surface area contributed by atoms with Crippen molar-refractivity contribution in [3.05, 3.63) is 63.2 Å². The molecule has 1 N–H and O–H groups in total. The van der Waals surface area contributed by atoms with E-state index in [0.717, 1.165) is 35.2 Å². The molecule has 0 unspecified atom stereocenters. The van der Waals surface area contributed by atoms with Crippen LogP contribution in [0.25, 0.3) is 0 Å². The Morgan fingerprint density at radius 2 is 1.96 bits per heavy atom. The van der Waals surface area contributed by atoms with Gasteiger partial charge in [0.15, 0.2) is 11.5 Å². The summed E-state index contributed by atoms with van der Waals surface area (Å²) in [6.45, 7) is 4.38. The number of phenols is 1. The first-order chi connectivity index (χ1) is 12.8. The molecule has 0 spiro atoms. The van der Waals surface area contributed by atoms with Crippen LogP contribution in [-0.2, 0) is 17.9 Å². The van der Waals surface area contributed by atoms with E-state index in [-0.39, 0.29) is 23.5 Å². The lowest BCUT2D eigenvalue weighted by Gasteiger charge is -2.32. The molecule has 0 atom stereocenters. The van der Waals surface area contributed by atoms with Gasteiger partial charge in [0.2, 0.25) is 0 Å². The van der Waals surface area contributed by atoms with Crippen molar-refractivity contribution in [2.75, 3.05) is 7.11 Å². The number of rotatable bonds is 5. The van der Waals surface area contributed by atoms with E-state index >= 15 is 0 Å². The lowest BCUT2D eigenvalue weighted by atomic mass is 9.72. The van der Waals surface area contributed by atoms with Gasteiger partial charge >= 0.3 is 0 Å². The molecule has 7 heteroatoms. The molecule has 2 aromatic rings. The second-order valence-corrected chi connectivity index (χ2v) is 7.20. The number of oxime groups is 1. The number of nitro groups is 1. The molecule has 7 nitrogen and oxygen atoms in total. The minimum atomic E-state index is -0.437. The van der Waals surface area contributed by atoms with Gasteiger partial charge in [0.25, 0.3) is 5.69 Å². The zero-order chi connectivity index (χ0) is 19.6. The molecular weight excluding hydrogens is 348 g/mol. The van der Waals surface area contributed by atoms with Crippen molar-refractivity contribution in [1.29, 1.82) is 0 Å². The summed E-state index contributed by atoms with van der Waals surface area (Å²) in [5.41, 5.74) is 3.30. The maximum Gasteiger partial charge on any atom is 0.269 e. The summed E-state index contributed by atoms with van der Waals surface area (Å²) in [5.74, 6) is 0.511. The van der Waals surface area contributed by atoms with Crippen molar-refractivity contribution in [2.45, 2.75) is 33.3 Å². The molecule has 0 saturated heterocycles. The lowest BCUT2D eigenvalue weighted by molar-refractivity contribution is -0.384. The van der Waals surface area contributed by atoms with Gasteiger partial charge in [-0.1, -0.05) is 19.0 Å². The fraction of sp³-hybridized carbons (Fsp3) is 0.350. The third-order valence-corrected chi connectivity index (χ3v) is 4.85. The second-order valence-electron chi connectivity index (χ2n) is 7.20. The summed E-state index contributed by atoms with van der Waals surface area (Å²) in [4.78, 5) is 15.8. The Morgan fingerprint density at radius 3 is 2.59 bits per heavy atom. The van der Waals surface area contributed by atoms with Gasteiger partial charge in [-0.3, -0.25) is 10.1 Å². The maximum absolute atomic E-state index is 10.7. The number of benzene rings is 2. The molecule has 1 aliphatic rings. The van der Waals surface area contributed by atoms with Crippen LogP contribution in [0.3, 0.4) is 0 Å². The van der Waals surface area contributed by atoms with Gasteiger partial charge in [-0.2, -0.15) is 0 Å². The molecule has 0 aromatic heterocycles. The molecule has 27 heavy (non-hydrogen) atoms. The van der Waals surface area contributed by atoms with Crippen LogP contribution in [0.1, 0.15) is 37.0 Å². The van der Waals surface area contributed by atoms with E-state index in [1.165, 1.54) is 19.2 Å². The van der Waals surface area contributed by atoms with E-state index in [1.54, 1.807) is 18.2 Å². The average molecular weight is 370 g/mol. The minimum Gasteiger partial charge on any atom is -0.504 e. The number of methoxy groups -OCH3 is 1. The largest absolute Gasteiger partial charge is 0.504 e. The monoisotopic (exact) mass is 370 g/mol. The molecule has 3 rings (SSSR count). The highest BCUT2D eigenvalue weighted by molar-refractivity contribution is 6.06. The summed E-state index contributed by atoms with van der Waals surface area (Å²) in [5, 5.41) is 25.2. The highest BCUT2D eigenvalue weighted by Crippen LogP contribution is 2.40. The fourth-order valence-electron chi connectivity index (χ4n) is 3.19. The van der Waals surface area contributed by atoms with Gasteiger partial charge in [0.05, 0.1) is 17.7 Å². The van der Waals surface area contributed by atoms with Gasteiger partial charge in [-0.05, 0) is 48.2 Å². The van der Waals surface area contributed by atoms with E-state index in [1.807, 2.05) is 6.07 Å². The minimum absolute atomic E-state index is 0.0387. The Kier molecular flexibility index (Phi) is 5.03. The van der Waals surface area contributed by atoms with Crippen molar-refractivity contribution in [3.63, 3.8) is 0 Å². The zero-order valence-electron chi connectivity index (χ0n) is 15.6. The smallest absolute Gasteiger partial charge is 0.269 e. The Labute approximate surface area is 157 Å². The van der Waals surface area contributed by atoms with Crippen LogP contribution in [0, 0.1) is 15.5 Å². The average Bonchev–Trinajstić information content (AvgIpc) is 2.63. The Hall–Kier alpha value is -3.09. The first-order valence-electron chi connectivity index (χ1n) is 8.66. The highest BCUT2D eigenvalue weighted by atomic mass is 16.6. The molecule has 0 radical (unpaired) electrons. The van der Waals surface area contributed by atoms with Crippen molar-refractivity contribution in [3.8, 4) is 11.5 Å². The summed E-state index contributed by atoms with van der Waals surface area (Å²) < 4.78 is 5.19. The summed E-state index contributed by atoms with van der Waals surface area (Å²) in [7, 11) is 1.52. The molecule has 2 aromatic carbocycles. The molecule has 1 aliphatic carbocycles. The number of nitrogens with zero attached hydrogens (tertiary/aromatic N) is 2. The SMILES string of the molecule is COc1cc2c(cc1O)/C(=N/OCc1ccc([N+](=O)[O-])cc1)C(C)(C)CC2. The summed E-state index contributed by atoms with van der Waals surface area (Å²) >= 11 is 0. The van der Waals surface area contributed by atoms with E-state index in [4.69, 9.17) is 9.57 Å². The van der Waals surface area contributed by atoms with E-state index in [0.29, 0.717) is 5.75 Å². The predicted molar refractivity (Wildman–Crippen MR) is 101 cm³/mol. The van der Waals surface area contributed by atoms with Gasteiger partial charge < -0.3 is 14.7 Å². The summed E-state index contributed by atoms with van der Waals surface area (Å²) in [6, 6.07) is 9.69. The maximum atomic E-state index is 10.7. The fourth-order valence-corrected chi connectivity index (χ4v) is 3.19. The van der Waals surface area contributed by atoms with Crippen molar-refractivity contribution >= 4 is 11.4 Å². The third-order valence-electron chi connectivity index (χ3n) is 4.85. The van der Waals surface area contributed by atoms with Gasteiger partial charge in [0.1, 0.15) is 6.61 Å². The second kappa shape index (κ2) is 7.26. The van der Waals surface area contributed by atoms with Crippen molar-refractivity contribution in [1.82, 2.24) is 0 Å². The highest BCUT2D eigenvalue weighted by Gasteiger charge is 2.34. The number of non-ortho nitro benzene ring substituents is 1. The number of aryl methyl sites for hydroxylation is 1. The molecule has 0 aliphatic heterocycles. The normalized spacial score (nSPS) is 16.6. The number of hydrogen-bond donors (Lipinski definition) is 1. The number of aromatic hydroxyl groups is 1. The van der Waals surface area contributed by atoms with Gasteiger partial charge in [0, 0.05) is 23.1 Å². The number of nitro benzene ring substituents is 1. The van der Waals surface area contributed by atoms with Crippen LogP contribution >= 0.6 is 0 Å². The lowest BCUT2D eigenvalue weighted by Crippen LogP contribution is -2.31. The molecule has 0 fully saturated rings. The van der Waals surface area contributed by atoms with E-state index in [9.17, 15) is 15.2 Å². The number of fused-ring (bicyclic) bond motifs is 1. The first kappa shape index (κ1) is 18.7. The zero-order valence-corrected chi connectivity index (χ0v) is 15.6. The summed E-state index contributed by atoms with van der Waals surface area (Å²) in [6.07, 6.45) is 1.76. The number of phenolic OH excluding ortho intramolecular Hbond substituents is 1. The van der Waals surface area contributed by atoms with E-state index in [2.05, 4.69) is 19.0 Å². The van der Waals surface area contributed by atoms with Crippen LogP contribution in [0.15, 0.2) is 41.6 Å². The Bertz CT molecular complexity index is 888. The quantitative estimate of drug-likeness (QED) is 0.629. The third kappa shape index (κ3) is 3.86. The number of ether oxygens (including phenoxy) is 1. The number of hydrogen-bond acceptors (Lipinski definition) is 6. The Morgan fingerprint density at radius 1 is 1.26 bits per heavy atom. The molecule has 142 valence electrons. The van der Waals surface area contributed by atoms with Crippen molar-refractivity contribution < 1.29 is 19.6 Å². The standard InChI is InChI=1S/C20H22N2O5/c1-20(2)9-8-14-10-18(26-3)17(23)11-16(14)19(20)21-27-12-13-4-6-15(7-5-13)22(24)25/h4-7,10-11,23H,8-9,12H2,1-3H3/b21-19-. The van der Waals surface area contributed by atoms with Crippen LogP contribution in [-0.4, -0.2) is 22.9 Å². The van der Waals surface area contributed by atoms with Crippen molar-refractivity contribution in [2.24, 2.45) is 10.6 Å². The van der Waals surface area contributed by atoms with Crippen LogP contribution in [0.2, 0.25) is 0 Å². The molecule has 0 saturated carbocycles. The molecule has 0 amide bonds.